The normalized spacial score (nSPS) is 11.1. The van der Waals surface area contributed by atoms with Gasteiger partial charge in [0, 0.05) is 37.1 Å². The number of anilines is 2. The zero-order chi connectivity index (χ0) is 24.5. The maximum atomic E-state index is 11.8. The number of nitrogens with zero attached hydrogens (tertiary/aromatic N) is 5. The van der Waals surface area contributed by atoms with Crippen LogP contribution in [-0.2, 0) is 11.4 Å². The molecule has 3 N–H and O–H groups in total. The minimum atomic E-state index is -0.0475. The van der Waals surface area contributed by atoms with Crippen molar-refractivity contribution in [1.29, 1.82) is 0 Å². The van der Waals surface area contributed by atoms with Crippen LogP contribution < -0.4 is 10.6 Å². The number of aliphatic hydroxyl groups is 1. The SMILES string of the molecule is CC(=O)N(C)c1cccc(-c2ccc3nc(-c4cccnc4N)n(-c4ccc(CO)cc4)c3n2)c1. The summed E-state index contributed by atoms with van der Waals surface area (Å²) >= 11 is 0. The lowest BCUT2D eigenvalue weighted by Gasteiger charge is -2.16. The van der Waals surface area contributed by atoms with Crippen molar-refractivity contribution in [3.05, 3.63) is 84.6 Å². The van der Waals surface area contributed by atoms with E-state index in [1.165, 1.54) is 6.92 Å². The highest BCUT2D eigenvalue weighted by atomic mass is 16.3. The van der Waals surface area contributed by atoms with Crippen LogP contribution in [0.4, 0.5) is 11.5 Å². The van der Waals surface area contributed by atoms with Crippen LogP contribution >= 0.6 is 0 Å². The first-order chi connectivity index (χ1) is 17.0. The fraction of sp³-hybridized carbons (Fsp3) is 0.111. The molecule has 0 atom stereocenters. The van der Waals surface area contributed by atoms with Crippen molar-refractivity contribution in [2.45, 2.75) is 13.5 Å². The molecule has 0 aliphatic carbocycles. The lowest BCUT2D eigenvalue weighted by atomic mass is 10.1. The minimum absolute atomic E-state index is 0.0409. The van der Waals surface area contributed by atoms with Gasteiger partial charge in [-0.15, -0.1) is 0 Å². The number of aromatic nitrogens is 4. The van der Waals surface area contributed by atoms with E-state index >= 15 is 0 Å². The quantitative estimate of drug-likeness (QED) is 0.403. The maximum absolute atomic E-state index is 11.8. The van der Waals surface area contributed by atoms with Gasteiger partial charge in [-0.2, -0.15) is 0 Å². The van der Waals surface area contributed by atoms with Gasteiger partial charge in [-0.25, -0.2) is 15.0 Å². The van der Waals surface area contributed by atoms with Crippen molar-refractivity contribution in [2.24, 2.45) is 0 Å². The molecule has 0 spiro atoms. The Kier molecular flexibility index (Phi) is 5.72. The number of fused-ring (bicyclic) bond motifs is 1. The Morgan fingerprint density at radius 3 is 2.54 bits per heavy atom. The number of benzene rings is 2. The fourth-order valence-electron chi connectivity index (χ4n) is 3.96. The number of nitrogens with two attached hydrogens (primary N) is 1. The lowest BCUT2D eigenvalue weighted by molar-refractivity contribution is -0.116. The maximum Gasteiger partial charge on any atom is 0.223 e. The Morgan fingerprint density at radius 2 is 1.83 bits per heavy atom. The van der Waals surface area contributed by atoms with Crippen molar-refractivity contribution >= 4 is 28.6 Å². The van der Waals surface area contributed by atoms with Gasteiger partial charge in [0.05, 0.1) is 17.9 Å². The third-order valence-electron chi connectivity index (χ3n) is 5.96. The Morgan fingerprint density at radius 1 is 1.03 bits per heavy atom. The smallest absolute Gasteiger partial charge is 0.223 e. The van der Waals surface area contributed by atoms with Crippen LogP contribution in [0.15, 0.2) is 79.0 Å². The van der Waals surface area contributed by atoms with Crippen molar-refractivity contribution in [2.75, 3.05) is 17.7 Å². The van der Waals surface area contributed by atoms with Crippen molar-refractivity contribution in [3.63, 3.8) is 0 Å². The van der Waals surface area contributed by atoms with E-state index in [9.17, 15) is 9.90 Å². The Hall–Kier alpha value is -4.56. The van der Waals surface area contributed by atoms with E-state index in [1.54, 1.807) is 18.1 Å². The number of carbonyl (C=O) groups excluding carboxylic acids is 1. The molecule has 3 heterocycles. The summed E-state index contributed by atoms with van der Waals surface area (Å²) in [7, 11) is 1.74. The van der Waals surface area contributed by atoms with Crippen LogP contribution in [0.25, 0.3) is 39.5 Å². The summed E-state index contributed by atoms with van der Waals surface area (Å²) in [5, 5.41) is 9.48. The van der Waals surface area contributed by atoms with Crippen LogP contribution in [0.1, 0.15) is 12.5 Å². The molecule has 0 fully saturated rings. The van der Waals surface area contributed by atoms with Crippen LogP contribution in [0, 0.1) is 0 Å². The summed E-state index contributed by atoms with van der Waals surface area (Å²) < 4.78 is 1.94. The van der Waals surface area contributed by atoms with Gasteiger partial charge >= 0.3 is 0 Å². The third-order valence-corrected chi connectivity index (χ3v) is 5.96. The Bertz CT molecular complexity index is 1540. The van der Waals surface area contributed by atoms with Gasteiger partial charge in [0.15, 0.2) is 11.5 Å². The first-order valence-corrected chi connectivity index (χ1v) is 11.1. The molecule has 0 unspecified atom stereocenters. The first kappa shape index (κ1) is 22.2. The number of amides is 1. The Labute approximate surface area is 202 Å². The highest BCUT2D eigenvalue weighted by Crippen LogP contribution is 2.32. The summed E-state index contributed by atoms with van der Waals surface area (Å²) in [5.41, 5.74) is 12.3. The minimum Gasteiger partial charge on any atom is -0.392 e. The molecule has 8 heteroatoms. The van der Waals surface area contributed by atoms with Gasteiger partial charge in [0.25, 0.3) is 0 Å². The molecular weight excluding hydrogens is 440 g/mol. The van der Waals surface area contributed by atoms with Gasteiger partial charge in [-0.05, 0) is 54.1 Å². The lowest BCUT2D eigenvalue weighted by Crippen LogP contribution is -2.22. The molecule has 5 rings (SSSR count). The highest BCUT2D eigenvalue weighted by Gasteiger charge is 2.19. The molecule has 0 aliphatic heterocycles. The molecule has 174 valence electrons. The van der Waals surface area contributed by atoms with E-state index in [-0.39, 0.29) is 12.5 Å². The second kappa shape index (κ2) is 9.00. The molecule has 0 radical (unpaired) electrons. The summed E-state index contributed by atoms with van der Waals surface area (Å²) in [6.07, 6.45) is 1.64. The first-order valence-electron chi connectivity index (χ1n) is 11.1. The van der Waals surface area contributed by atoms with Crippen LogP contribution in [0.3, 0.4) is 0 Å². The molecule has 2 aromatic carbocycles. The van der Waals surface area contributed by atoms with E-state index in [2.05, 4.69) is 4.98 Å². The largest absolute Gasteiger partial charge is 0.392 e. The van der Waals surface area contributed by atoms with Crippen molar-refractivity contribution in [3.8, 4) is 28.3 Å². The van der Waals surface area contributed by atoms with Gasteiger partial charge < -0.3 is 15.7 Å². The van der Waals surface area contributed by atoms with Crippen LogP contribution in [0.5, 0.6) is 0 Å². The van der Waals surface area contributed by atoms with E-state index < -0.39 is 0 Å². The number of imidazole rings is 1. The van der Waals surface area contributed by atoms with Crippen LogP contribution in [-0.4, -0.2) is 37.6 Å². The molecule has 8 nitrogen and oxygen atoms in total. The summed E-state index contributed by atoms with van der Waals surface area (Å²) in [6.45, 7) is 1.49. The van der Waals surface area contributed by atoms with Crippen LogP contribution in [0.2, 0.25) is 0 Å². The average molecular weight is 465 g/mol. The summed E-state index contributed by atoms with van der Waals surface area (Å²) in [4.78, 5) is 27.5. The zero-order valence-corrected chi connectivity index (χ0v) is 19.4. The molecule has 0 aliphatic rings. The molecule has 3 aromatic heterocycles. The molecule has 0 saturated carbocycles. The Balaban J connectivity index is 1.72. The van der Waals surface area contributed by atoms with Gasteiger partial charge in [-0.1, -0.05) is 24.3 Å². The number of hydrogen-bond donors (Lipinski definition) is 2. The molecular formula is C27H24N6O2. The van der Waals surface area contributed by atoms with E-state index in [0.29, 0.717) is 28.4 Å². The fourth-order valence-corrected chi connectivity index (χ4v) is 3.96. The number of aliphatic hydroxyl groups excluding tert-OH is 1. The topological polar surface area (TPSA) is 110 Å². The van der Waals surface area contributed by atoms with E-state index in [0.717, 1.165) is 28.2 Å². The third kappa shape index (κ3) is 4.11. The molecule has 0 saturated heterocycles. The number of pyridine rings is 2. The van der Waals surface area contributed by atoms with E-state index in [1.807, 2.05) is 77.4 Å². The standard InChI is InChI=1S/C27H24N6O2/c1-17(35)32(2)21-6-3-5-19(15-21)23-12-13-24-27(30-23)33(20-10-8-18(16-34)9-11-20)26(31-24)22-7-4-14-29-25(22)28/h3-15,34H,16H2,1-2H3,(H2,28,29). The van der Waals surface area contributed by atoms with E-state index in [4.69, 9.17) is 15.7 Å². The summed E-state index contributed by atoms with van der Waals surface area (Å²) in [6, 6.07) is 22.8. The molecule has 1 amide bonds. The molecule has 35 heavy (non-hydrogen) atoms. The van der Waals surface area contributed by atoms with Gasteiger partial charge in [0.1, 0.15) is 11.3 Å². The second-order valence-electron chi connectivity index (χ2n) is 8.20. The number of nitrogen functional groups attached to an aromatic ring is 1. The highest BCUT2D eigenvalue weighted by molar-refractivity contribution is 5.92. The van der Waals surface area contributed by atoms with Gasteiger partial charge in [-0.3, -0.25) is 9.36 Å². The van der Waals surface area contributed by atoms with Crippen molar-refractivity contribution < 1.29 is 9.90 Å². The number of rotatable bonds is 5. The number of carbonyl (C=O) groups is 1. The van der Waals surface area contributed by atoms with Crippen molar-refractivity contribution in [1.82, 2.24) is 19.5 Å². The monoisotopic (exact) mass is 464 g/mol. The number of hydrogen-bond acceptors (Lipinski definition) is 6. The predicted molar refractivity (Wildman–Crippen MR) is 137 cm³/mol. The second-order valence-corrected chi connectivity index (χ2v) is 8.20. The zero-order valence-electron chi connectivity index (χ0n) is 19.4. The van der Waals surface area contributed by atoms with Gasteiger partial charge in [0.2, 0.25) is 5.91 Å². The predicted octanol–water partition coefficient (Wildman–Crippen LogP) is 4.21. The molecule has 0 bridgehead atoms. The molecule has 5 aromatic rings. The summed E-state index contributed by atoms with van der Waals surface area (Å²) in [5.74, 6) is 0.946. The average Bonchev–Trinajstić information content (AvgIpc) is 3.27.